The lowest BCUT2D eigenvalue weighted by molar-refractivity contribution is 0.109. The fourth-order valence-corrected chi connectivity index (χ4v) is 5.64. The Morgan fingerprint density at radius 1 is 1.14 bits per heavy atom. The van der Waals surface area contributed by atoms with Crippen molar-refractivity contribution in [3.63, 3.8) is 0 Å². The minimum Gasteiger partial charge on any atom is -0.312 e. The van der Waals surface area contributed by atoms with Gasteiger partial charge in [-0.3, -0.25) is 4.90 Å². The number of likely N-dealkylation sites (tertiary alicyclic amines) is 1. The number of nitrogens with zero attached hydrogens (tertiary/aromatic N) is 1. The van der Waals surface area contributed by atoms with Gasteiger partial charge in [0.2, 0.25) is 0 Å². The van der Waals surface area contributed by atoms with Gasteiger partial charge >= 0.3 is 0 Å². The average Bonchev–Trinajstić information content (AvgIpc) is 3.04. The number of fused-ring (bicyclic) bond motifs is 2. The fraction of sp³-hybridized carbons (Fsp3) is 1.00. The molecule has 0 amide bonds. The highest BCUT2D eigenvalue weighted by Gasteiger charge is 2.61. The molecule has 3 rings (SSSR count). The van der Waals surface area contributed by atoms with Crippen LogP contribution in [0.15, 0.2) is 0 Å². The molecule has 2 saturated carbocycles. The summed E-state index contributed by atoms with van der Waals surface area (Å²) in [4.78, 5) is 2.73. The molecular formula is C19H36N2. The van der Waals surface area contributed by atoms with Gasteiger partial charge in [0.25, 0.3) is 0 Å². The van der Waals surface area contributed by atoms with E-state index in [1.165, 1.54) is 51.7 Å². The van der Waals surface area contributed by atoms with Crippen LogP contribution in [0.25, 0.3) is 0 Å². The topological polar surface area (TPSA) is 15.3 Å². The first-order valence-corrected chi connectivity index (χ1v) is 9.33. The Kier molecular flexibility index (Phi) is 4.16. The largest absolute Gasteiger partial charge is 0.312 e. The van der Waals surface area contributed by atoms with E-state index in [1.807, 2.05) is 0 Å². The molecule has 0 aromatic heterocycles. The first kappa shape index (κ1) is 15.8. The van der Waals surface area contributed by atoms with Crippen molar-refractivity contribution in [1.82, 2.24) is 10.2 Å². The van der Waals surface area contributed by atoms with Crippen LogP contribution in [0.1, 0.15) is 66.7 Å². The standard InChI is InChI=1S/C19H36N2/c1-14(2)16(21-10-6-7-11-21)13-20-17-12-15-8-9-19(17,5)18(15,3)4/h14-17,20H,6-13H2,1-5H3. The first-order valence-electron chi connectivity index (χ1n) is 9.33. The summed E-state index contributed by atoms with van der Waals surface area (Å²) in [6.07, 6.45) is 7.10. The van der Waals surface area contributed by atoms with Gasteiger partial charge < -0.3 is 5.32 Å². The van der Waals surface area contributed by atoms with Crippen LogP contribution in [0, 0.1) is 22.7 Å². The molecule has 4 unspecified atom stereocenters. The van der Waals surface area contributed by atoms with E-state index in [0.29, 0.717) is 10.8 Å². The van der Waals surface area contributed by atoms with Crippen molar-refractivity contribution in [2.45, 2.75) is 78.8 Å². The summed E-state index contributed by atoms with van der Waals surface area (Å²) in [5, 5.41) is 4.03. The zero-order valence-corrected chi connectivity index (χ0v) is 14.9. The maximum Gasteiger partial charge on any atom is 0.0243 e. The second-order valence-electron chi connectivity index (χ2n) is 9.13. The van der Waals surface area contributed by atoms with E-state index in [9.17, 15) is 0 Å². The Balaban J connectivity index is 1.62. The van der Waals surface area contributed by atoms with Gasteiger partial charge in [0.05, 0.1) is 0 Å². The maximum absolute atomic E-state index is 4.03. The molecule has 1 saturated heterocycles. The molecule has 1 N–H and O–H groups in total. The van der Waals surface area contributed by atoms with Crippen LogP contribution in [0.3, 0.4) is 0 Å². The van der Waals surface area contributed by atoms with Gasteiger partial charge in [0, 0.05) is 18.6 Å². The molecule has 0 aromatic carbocycles. The van der Waals surface area contributed by atoms with Gasteiger partial charge in [0.1, 0.15) is 0 Å². The molecule has 0 radical (unpaired) electrons. The summed E-state index contributed by atoms with van der Waals surface area (Å²) in [6.45, 7) is 16.2. The van der Waals surface area contributed by atoms with Crippen molar-refractivity contribution in [2.75, 3.05) is 19.6 Å². The van der Waals surface area contributed by atoms with E-state index in [0.717, 1.165) is 23.9 Å². The molecule has 3 aliphatic rings. The highest BCUT2D eigenvalue weighted by Crippen LogP contribution is 2.65. The van der Waals surface area contributed by atoms with E-state index < -0.39 is 0 Å². The number of rotatable bonds is 5. The lowest BCUT2D eigenvalue weighted by atomic mass is 9.69. The number of hydrogen-bond donors (Lipinski definition) is 1. The maximum atomic E-state index is 4.03. The number of nitrogens with one attached hydrogen (secondary N) is 1. The van der Waals surface area contributed by atoms with Crippen LogP contribution in [0.5, 0.6) is 0 Å². The van der Waals surface area contributed by atoms with E-state index in [1.54, 1.807) is 0 Å². The molecule has 1 heterocycles. The summed E-state index contributed by atoms with van der Waals surface area (Å²) < 4.78 is 0. The van der Waals surface area contributed by atoms with Crippen LogP contribution >= 0.6 is 0 Å². The van der Waals surface area contributed by atoms with Gasteiger partial charge in [-0.25, -0.2) is 0 Å². The summed E-state index contributed by atoms with van der Waals surface area (Å²) in [5.41, 5.74) is 1.05. The van der Waals surface area contributed by atoms with Crippen molar-refractivity contribution in [1.29, 1.82) is 0 Å². The SMILES string of the molecule is CC(C)C(CNC1CC2CCC1(C)C2(C)C)N1CCCC1. The zero-order valence-electron chi connectivity index (χ0n) is 14.9. The third-order valence-electron chi connectivity index (χ3n) is 7.75. The summed E-state index contributed by atoms with van der Waals surface area (Å²) in [6, 6.07) is 1.48. The summed E-state index contributed by atoms with van der Waals surface area (Å²) in [5.74, 6) is 1.71. The lowest BCUT2D eigenvalue weighted by Gasteiger charge is -2.41. The molecule has 4 atom stereocenters. The van der Waals surface area contributed by atoms with E-state index >= 15 is 0 Å². The third kappa shape index (κ3) is 2.47. The van der Waals surface area contributed by atoms with E-state index in [-0.39, 0.29) is 0 Å². The normalized spacial score (nSPS) is 40.3. The fourth-order valence-electron chi connectivity index (χ4n) is 5.64. The van der Waals surface area contributed by atoms with Crippen molar-refractivity contribution in [3.05, 3.63) is 0 Å². The van der Waals surface area contributed by atoms with Gasteiger partial charge in [-0.1, -0.05) is 34.6 Å². The van der Waals surface area contributed by atoms with E-state index in [4.69, 9.17) is 0 Å². The van der Waals surface area contributed by atoms with Gasteiger partial charge in [-0.05, 0) is 67.9 Å². The Hall–Kier alpha value is -0.0800. The predicted octanol–water partition coefficient (Wildman–Crippen LogP) is 3.91. The quantitative estimate of drug-likeness (QED) is 0.826. The van der Waals surface area contributed by atoms with E-state index in [2.05, 4.69) is 44.8 Å². The molecule has 3 fully saturated rings. The second-order valence-corrected chi connectivity index (χ2v) is 9.13. The zero-order chi connectivity index (χ0) is 15.3. The molecule has 0 aromatic rings. The van der Waals surface area contributed by atoms with Crippen LogP contribution in [0.2, 0.25) is 0 Å². The smallest absolute Gasteiger partial charge is 0.0243 e. The Bertz CT molecular complexity index is 370. The minimum absolute atomic E-state index is 0.518. The Morgan fingerprint density at radius 3 is 2.29 bits per heavy atom. The molecule has 2 aliphatic carbocycles. The monoisotopic (exact) mass is 292 g/mol. The minimum atomic E-state index is 0.518. The molecular weight excluding hydrogens is 256 g/mol. The molecule has 0 spiro atoms. The van der Waals surface area contributed by atoms with Crippen LogP contribution in [-0.2, 0) is 0 Å². The Labute approximate surface area is 132 Å². The molecule has 1 aliphatic heterocycles. The molecule has 122 valence electrons. The van der Waals surface area contributed by atoms with Gasteiger partial charge in [-0.2, -0.15) is 0 Å². The molecule has 21 heavy (non-hydrogen) atoms. The van der Waals surface area contributed by atoms with Crippen LogP contribution in [-0.4, -0.2) is 36.6 Å². The highest BCUT2D eigenvalue weighted by molar-refractivity contribution is 5.13. The van der Waals surface area contributed by atoms with Crippen molar-refractivity contribution < 1.29 is 0 Å². The number of hydrogen-bond acceptors (Lipinski definition) is 2. The second kappa shape index (κ2) is 5.53. The van der Waals surface area contributed by atoms with Crippen LogP contribution < -0.4 is 5.32 Å². The Morgan fingerprint density at radius 2 is 1.81 bits per heavy atom. The van der Waals surface area contributed by atoms with Crippen molar-refractivity contribution >= 4 is 0 Å². The first-order chi connectivity index (χ1) is 9.86. The third-order valence-corrected chi connectivity index (χ3v) is 7.75. The van der Waals surface area contributed by atoms with Crippen LogP contribution in [0.4, 0.5) is 0 Å². The average molecular weight is 293 g/mol. The molecule has 2 bridgehead atoms. The van der Waals surface area contributed by atoms with Gasteiger partial charge in [0.15, 0.2) is 0 Å². The molecule has 2 nitrogen and oxygen atoms in total. The predicted molar refractivity (Wildman–Crippen MR) is 90.5 cm³/mol. The van der Waals surface area contributed by atoms with Crippen molar-refractivity contribution in [2.24, 2.45) is 22.7 Å². The van der Waals surface area contributed by atoms with Crippen molar-refractivity contribution in [3.8, 4) is 0 Å². The highest BCUT2D eigenvalue weighted by atomic mass is 15.2. The molecule has 2 heteroatoms. The summed E-state index contributed by atoms with van der Waals surface area (Å²) >= 11 is 0. The van der Waals surface area contributed by atoms with Gasteiger partial charge in [-0.15, -0.1) is 0 Å². The summed E-state index contributed by atoms with van der Waals surface area (Å²) in [7, 11) is 0. The lowest BCUT2D eigenvalue weighted by Crippen LogP contribution is -2.51.